The summed E-state index contributed by atoms with van der Waals surface area (Å²) in [6.07, 6.45) is 5.02. The first kappa shape index (κ1) is 10.4. The maximum atomic E-state index is 3.17. The van der Waals surface area contributed by atoms with Crippen LogP contribution < -0.4 is 5.32 Å². The second-order valence-corrected chi connectivity index (χ2v) is 4.47. The van der Waals surface area contributed by atoms with Crippen molar-refractivity contribution < 1.29 is 0 Å². The van der Waals surface area contributed by atoms with Gasteiger partial charge in [-0.1, -0.05) is 35.9 Å². The zero-order chi connectivity index (χ0) is 10.7. The molecule has 1 aromatic carbocycles. The molecule has 0 spiro atoms. The van der Waals surface area contributed by atoms with Gasteiger partial charge in [-0.25, -0.2) is 0 Å². The highest BCUT2D eigenvalue weighted by Gasteiger charge is 2.22. The van der Waals surface area contributed by atoms with Gasteiger partial charge >= 0.3 is 0 Å². The maximum absolute atomic E-state index is 3.17. The molecule has 1 nitrogen and oxygen atoms in total. The van der Waals surface area contributed by atoms with Gasteiger partial charge in [0.15, 0.2) is 0 Å². The van der Waals surface area contributed by atoms with E-state index in [1.807, 2.05) is 7.05 Å². The lowest BCUT2D eigenvalue weighted by molar-refractivity contribution is 0.884. The largest absolute Gasteiger partial charge is 0.316 e. The third-order valence-electron chi connectivity index (χ3n) is 2.83. The zero-order valence-electron chi connectivity index (χ0n) is 9.59. The second kappa shape index (κ2) is 4.63. The minimum atomic E-state index is 0.850. The standard InChI is InChI=1S/C14H19N/c1-11(10-15-2)8-12-4-3-5-14(9-12)13-6-7-13/h3-5,8-9,13,15H,6-7,10H2,1-2H3. The molecule has 15 heavy (non-hydrogen) atoms. The number of likely N-dealkylation sites (N-methyl/N-ethyl adjacent to an activating group) is 1. The molecule has 1 aliphatic carbocycles. The van der Waals surface area contributed by atoms with Crippen LogP contribution in [0.25, 0.3) is 6.08 Å². The Labute approximate surface area is 92.2 Å². The fourth-order valence-corrected chi connectivity index (χ4v) is 1.93. The number of hydrogen-bond acceptors (Lipinski definition) is 1. The first-order valence-electron chi connectivity index (χ1n) is 5.71. The summed E-state index contributed by atoms with van der Waals surface area (Å²) in [6, 6.07) is 8.94. The minimum absolute atomic E-state index is 0.850. The fraction of sp³-hybridized carbons (Fsp3) is 0.429. The Bertz CT molecular complexity index is 361. The monoisotopic (exact) mass is 201 g/mol. The van der Waals surface area contributed by atoms with Crippen LogP contribution in [0.2, 0.25) is 0 Å². The van der Waals surface area contributed by atoms with Gasteiger partial charge in [-0.05, 0) is 43.9 Å². The Morgan fingerprint density at radius 1 is 1.47 bits per heavy atom. The topological polar surface area (TPSA) is 12.0 Å². The molecule has 0 saturated heterocycles. The summed E-state index contributed by atoms with van der Waals surface area (Å²) >= 11 is 0. The van der Waals surface area contributed by atoms with Crippen molar-refractivity contribution in [3.63, 3.8) is 0 Å². The van der Waals surface area contributed by atoms with Crippen LogP contribution in [-0.4, -0.2) is 13.6 Å². The molecule has 0 amide bonds. The van der Waals surface area contributed by atoms with E-state index in [4.69, 9.17) is 0 Å². The average molecular weight is 201 g/mol. The van der Waals surface area contributed by atoms with Gasteiger partial charge < -0.3 is 5.32 Å². The Kier molecular flexibility index (Phi) is 3.22. The summed E-state index contributed by atoms with van der Waals surface area (Å²) < 4.78 is 0. The van der Waals surface area contributed by atoms with Gasteiger partial charge in [0, 0.05) is 6.54 Å². The summed E-state index contributed by atoms with van der Waals surface area (Å²) in [6.45, 7) is 3.13. The molecule has 0 unspecified atom stereocenters. The molecule has 2 rings (SSSR count). The first-order valence-corrected chi connectivity index (χ1v) is 5.71. The fourth-order valence-electron chi connectivity index (χ4n) is 1.93. The zero-order valence-corrected chi connectivity index (χ0v) is 9.59. The smallest absolute Gasteiger partial charge is 0.0162 e. The van der Waals surface area contributed by atoms with Crippen LogP contribution in [-0.2, 0) is 0 Å². The summed E-state index contributed by atoms with van der Waals surface area (Å²) in [5, 5.41) is 3.17. The molecule has 0 aromatic heterocycles. The quantitative estimate of drug-likeness (QED) is 0.789. The molecular formula is C14H19N. The van der Waals surface area contributed by atoms with Gasteiger partial charge in [-0.2, -0.15) is 0 Å². The van der Waals surface area contributed by atoms with Crippen molar-refractivity contribution in [2.24, 2.45) is 0 Å². The lowest BCUT2D eigenvalue weighted by Gasteiger charge is -2.02. The average Bonchev–Trinajstić information content (AvgIpc) is 3.01. The molecule has 0 radical (unpaired) electrons. The van der Waals surface area contributed by atoms with Crippen LogP contribution in [0.1, 0.15) is 36.8 Å². The summed E-state index contributed by atoms with van der Waals surface area (Å²) in [5.41, 5.74) is 4.23. The summed E-state index contributed by atoms with van der Waals surface area (Å²) in [4.78, 5) is 0. The van der Waals surface area contributed by atoms with Crippen LogP contribution in [0.15, 0.2) is 29.8 Å². The predicted molar refractivity (Wildman–Crippen MR) is 66.0 cm³/mol. The minimum Gasteiger partial charge on any atom is -0.316 e. The van der Waals surface area contributed by atoms with E-state index in [0.717, 1.165) is 12.5 Å². The number of benzene rings is 1. The van der Waals surface area contributed by atoms with Crippen molar-refractivity contribution in [1.29, 1.82) is 0 Å². The molecular weight excluding hydrogens is 182 g/mol. The van der Waals surface area contributed by atoms with Crippen LogP contribution in [0.3, 0.4) is 0 Å². The van der Waals surface area contributed by atoms with Crippen LogP contribution in [0.4, 0.5) is 0 Å². The third kappa shape index (κ3) is 2.93. The molecule has 0 heterocycles. The van der Waals surface area contributed by atoms with E-state index in [1.54, 1.807) is 0 Å². The van der Waals surface area contributed by atoms with Gasteiger partial charge in [-0.3, -0.25) is 0 Å². The molecule has 1 N–H and O–H groups in total. The van der Waals surface area contributed by atoms with Crippen LogP contribution in [0, 0.1) is 0 Å². The van der Waals surface area contributed by atoms with Crippen molar-refractivity contribution in [1.82, 2.24) is 5.32 Å². The number of hydrogen-bond donors (Lipinski definition) is 1. The van der Waals surface area contributed by atoms with Crippen molar-refractivity contribution in [2.75, 3.05) is 13.6 Å². The molecule has 1 heteroatoms. The van der Waals surface area contributed by atoms with E-state index in [1.165, 1.54) is 29.5 Å². The Morgan fingerprint density at radius 2 is 2.27 bits per heavy atom. The predicted octanol–water partition coefficient (Wildman–Crippen LogP) is 3.19. The van der Waals surface area contributed by atoms with Gasteiger partial charge in [0.1, 0.15) is 0 Å². The van der Waals surface area contributed by atoms with E-state index in [9.17, 15) is 0 Å². The van der Waals surface area contributed by atoms with E-state index >= 15 is 0 Å². The van der Waals surface area contributed by atoms with E-state index in [2.05, 4.69) is 42.6 Å². The Morgan fingerprint density at radius 3 is 2.93 bits per heavy atom. The van der Waals surface area contributed by atoms with Crippen molar-refractivity contribution in [2.45, 2.75) is 25.7 Å². The molecule has 1 aliphatic rings. The lowest BCUT2D eigenvalue weighted by atomic mass is 10.1. The Balaban J connectivity index is 2.13. The molecule has 0 bridgehead atoms. The molecule has 1 aromatic rings. The van der Waals surface area contributed by atoms with Crippen LogP contribution in [0.5, 0.6) is 0 Å². The van der Waals surface area contributed by atoms with Crippen molar-refractivity contribution in [3.8, 4) is 0 Å². The van der Waals surface area contributed by atoms with Gasteiger partial charge in [0.05, 0.1) is 0 Å². The van der Waals surface area contributed by atoms with E-state index in [0.29, 0.717) is 0 Å². The van der Waals surface area contributed by atoms with Gasteiger partial charge in [0.2, 0.25) is 0 Å². The molecule has 1 fully saturated rings. The summed E-state index contributed by atoms with van der Waals surface area (Å²) in [7, 11) is 1.98. The molecule has 0 atom stereocenters. The highest BCUT2D eigenvalue weighted by Crippen LogP contribution is 2.40. The molecule has 80 valence electrons. The van der Waals surface area contributed by atoms with Crippen LogP contribution >= 0.6 is 0 Å². The van der Waals surface area contributed by atoms with Crippen molar-refractivity contribution in [3.05, 3.63) is 41.0 Å². The van der Waals surface area contributed by atoms with Gasteiger partial charge in [-0.15, -0.1) is 0 Å². The third-order valence-corrected chi connectivity index (χ3v) is 2.83. The van der Waals surface area contributed by atoms with Crippen molar-refractivity contribution >= 4 is 6.08 Å². The first-order chi connectivity index (χ1) is 7.29. The SMILES string of the molecule is CNCC(C)=Cc1cccc(C2CC2)c1. The Hall–Kier alpha value is -1.08. The van der Waals surface area contributed by atoms with Gasteiger partial charge in [0.25, 0.3) is 0 Å². The number of rotatable bonds is 4. The second-order valence-electron chi connectivity index (χ2n) is 4.47. The molecule has 0 aliphatic heterocycles. The normalized spacial score (nSPS) is 16.8. The molecule has 1 saturated carbocycles. The summed E-state index contributed by atoms with van der Waals surface area (Å²) in [5.74, 6) is 0.850. The van der Waals surface area contributed by atoms with E-state index in [-0.39, 0.29) is 0 Å². The lowest BCUT2D eigenvalue weighted by Crippen LogP contribution is -2.08. The number of nitrogens with one attached hydrogen (secondary N) is 1. The maximum Gasteiger partial charge on any atom is 0.0162 e. The highest BCUT2D eigenvalue weighted by molar-refractivity contribution is 5.54. The van der Waals surface area contributed by atoms with E-state index < -0.39 is 0 Å². The highest BCUT2D eigenvalue weighted by atomic mass is 14.8.